The van der Waals surface area contributed by atoms with Gasteiger partial charge in [0.1, 0.15) is 0 Å². The zero-order valence-corrected chi connectivity index (χ0v) is 11.9. The Balaban J connectivity index is 1.68. The minimum absolute atomic E-state index is 0.121. The van der Waals surface area contributed by atoms with Gasteiger partial charge < -0.3 is 10.6 Å². The van der Waals surface area contributed by atoms with Crippen LogP contribution in [0.5, 0.6) is 0 Å². The molecule has 2 N–H and O–H groups in total. The number of benzene rings is 1. The van der Waals surface area contributed by atoms with E-state index in [1.165, 1.54) is 0 Å². The van der Waals surface area contributed by atoms with Crippen molar-refractivity contribution in [1.29, 1.82) is 0 Å². The molecule has 1 aliphatic heterocycles. The predicted octanol–water partition coefficient (Wildman–Crippen LogP) is 3.81. The lowest BCUT2D eigenvalue weighted by atomic mass is 9.86. The van der Waals surface area contributed by atoms with E-state index in [0.717, 1.165) is 36.3 Å². The van der Waals surface area contributed by atoms with Crippen molar-refractivity contribution < 1.29 is 13.6 Å². The molecule has 0 unspecified atom stereocenters. The van der Waals surface area contributed by atoms with E-state index in [2.05, 4.69) is 10.6 Å². The molecule has 5 heteroatoms. The van der Waals surface area contributed by atoms with Crippen LogP contribution >= 0.6 is 0 Å². The first-order valence-electron chi connectivity index (χ1n) is 7.60. The van der Waals surface area contributed by atoms with Crippen LogP contribution in [-0.2, 0) is 11.2 Å². The molecule has 1 aromatic carbocycles. The summed E-state index contributed by atoms with van der Waals surface area (Å²) < 4.78 is 26.3. The molecule has 0 saturated heterocycles. The lowest BCUT2D eigenvalue weighted by molar-refractivity contribution is -0.124. The Bertz CT molecular complexity index is 535. The topological polar surface area (TPSA) is 41.1 Å². The molecule has 1 aliphatic carbocycles. The van der Waals surface area contributed by atoms with Gasteiger partial charge in [0, 0.05) is 36.7 Å². The summed E-state index contributed by atoms with van der Waals surface area (Å²) in [6.07, 6.45) is 2.15. The van der Waals surface area contributed by atoms with Crippen LogP contribution in [0.3, 0.4) is 0 Å². The van der Waals surface area contributed by atoms with E-state index in [4.69, 9.17) is 0 Å². The third kappa shape index (κ3) is 3.17. The molecule has 0 atom stereocenters. The van der Waals surface area contributed by atoms with Crippen molar-refractivity contribution >= 4 is 17.3 Å². The van der Waals surface area contributed by atoms with E-state index in [1.54, 1.807) is 0 Å². The van der Waals surface area contributed by atoms with E-state index in [1.807, 2.05) is 18.2 Å². The molecular formula is C16H20F2N2O. The van der Waals surface area contributed by atoms with Gasteiger partial charge in [0.25, 0.3) is 0 Å². The fourth-order valence-corrected chi connectivity index (χ4v) is 3.16. The molecule has 0 bridgehead atoms. The average molecular weight is 294 g/mol. The van der Waals surface area contributed by atoms with Gasteiger partial charge in [-0.1, -0.05) is 6.07 Å². The molecule has 114 valence electrons. The van der Waals surface area contributed by atoms with Crippen molar-refractivity contribution in [2.24, 2.45) is 5.92 Å². The summed E-state index contributed by atoms with van der Waals surface area (Å²) in [7, 11) is 0. The molecular weight excluding hydrogens is 274 g/mol. The van der Waals surface area contributed by atoms with Crippen molar-refractivity contribution in [1.82, 2.24) is 0 Å². The van der Waals surface area contributed by atoms with Gasteiger partial charge in [-0.2, -0.15) is 0 Å². The Morgan fingerprint density at radius 3 is 2.81 bits per heavy atom. The van der Waals surface area contributed by atoms with E-state index in [0.29, 0.717) is 0 Å². The summed E-state index contributed by atoms with van der Waals surface area (Å²) in [5.41, 5.74) is 3.01. The van der Waals surface area contributed by atoms with Gasteiger partial charge in [0.2, 0.25) is 11.8 Å². The molecule has 3 rings (SSSR count). The summed E-state index contributed by atoms with van der Waals surface area (Å²) in [5, 5.41) is 6.26. The van der Waals surface area contributed by atoms with Crippen LogP contribution in [0.4, 0.5) is 20.2 Å². The maximum atomic E-state index is 13.2. The summed E-state index contributed by atoms with van der Waals surface area (Å²) in [6, 6.07) is 5.80. The summed E-state index contributed by atoms with van der Waals surface area (Å²) >= 11 is 0. The molecule has 1 heterocycles. The highest BCUT2D eigenvalue weighted by molar-refractivity contribution is 5.94. The molecule has 1 fully saturated rings. The van der Waals surface area contributed by atoms with Crippen molar-refractivity contribution in [3.05, 3.63) is 23.8 Å². The highest BCUT2D eigenvalue weighted by atomic mass is 19.3. The summed E-state index contributed by atoms with van der Waals surface area (Å²) in [5.74, 6) is -3.01. The summed E-state index contributed by atoms with van der Waals surface area (Å²) in [4.78, 5) is 12.3. The van der Waals surface area contributed by atoms with Crippen LogP contribution in [0, 0.1) is 5.92 Å². The van der Waals surface area contributed by atoms with Crippen LogP contribution < -0.4 is 10.6 Å². The minimum atomic E-state index is -2.59. The smallest absolute Gasteiger partial charge is 0.248 e. The number of halogens is 2. The van der Waals surface area contributed by atoms with Crippen LogP contribution in [0.2, 0.25) is 0 Å². The molecule has 1 amide bonds. The third-order valence-corrected chi connectivity index (χ3v) is 4.44. The Morgan fingerprint density at radius 2 is 2.05 bits per heavy atom. The normalized spacial score (nSPS) is 21.2. The van der Waals surface area contributed by atoms with Gasteiger partial charge in [-0.05, 0) is 43.4 Å². The van der Waals surface area contributed by atoms with Gasteiger partial charge in [0.05, 0.1) is 0 Å². The van der Waals surface area contributed by atoms with Crippen LogP contribution in [0.25, 0.3) is 0 Å². The second-order valence-electron chi connectivity index (χ2n) is 5.98. The largest absolute Gasteiger partial charge is 0.385 e. The predicted molar refractivity (Wildman–Crippen MR) is 78.8 cm³/mol. The second-order valence-corrected chi connectivity index (χ2v) is 5.98. The first-order valence-corrected chi connectivity index (χ1v) is 7.60. The van der Waals surface area contributed by atoms with Gasteiger partial charge in [0.15, 0.2) is 0 Å². The maximum Gasteiger partial charge on any atom is 0.248 e. The SMILES string of the molecule is O=C(Nc1cccc2c1CCCN2)C1CCC(F)(F)CC1. The third-order valence-electron chi connectivity index (χ3n) is 4.44. The Labute approximate surface area is 123 Å². The quantitative estimate of drug-likeness (QED) is 0.871. The van der Waals surface area contributed by atoms with Gasteiger partial charge in [-0.15, -0.1) is 0 Å². The number of nitrogens with one attached hydrogen (secondary N) is 2. The lowest BCUT2D eigenvalue weighted by Crippen LogP contribution is -2.32. The van der Waals surface area contributed by atoms with E-state index < -0.39 is 5.92 Å². The highest BCUT2D eigenvalue weighted by Crippen LogP contribution is 2.37. The van der Waals surface area contributed by atoms with Gasteiger partial charge in [-0.3, -0.25) is 4.79 Å². The zero-order chi connectivity index (χ0) is 14.9. The number of carbonyl (C=O) groups is 1. The van der Waals surface area contributed by atoms with E-state index in [9.17, 15) is 13.6 Å². The number of hydrogen-bond donors (Lipinski definition) is 2. The minimum Gasteiger partial charge on any atom is -0.385 e. The lowest BCUT2D eigenvalue weighted by Gasteiger charge is -2.28. The molecule has 0 spiro atoms. The highest BCUT2D eigenvalue weighted by Gasteiger charge is 2.37. The fraction of sp³-hybridized carbons (Fsp3) is 0.562. The molecule has 1 saturated carbocycles. The van der Waals surface area contributed by atoms with E-state index >= 15 is 0 Å². The number of rotatable bonds is 2. The zero-order valence-electron chi connectivity index (χ0n) is 11.9. The Morgan fingerprint density at radius 1 is 1.29 bits per heavy atom. The van der Waals surface area contributed by atoms with Crippen molar-refractivity contribution in [2.75, 3.05) is 17.2 Å². The molecule has 1 aromatic rings. The number of fused-ring (bicyclic) bond motifs is 1. The second kappa shape index (κ2) is 5.62. The van der Waals surface area contributed by atoms with Crippen molar-refractivity contribution in [3.63, 3.8) is 0 Å². The maximum absolute atomic E-state index is 13.2. The molecule has 0 radical (unpaired) electrons. The molecule has 0 aromatic heterocycles. The van der Waals surface area contributed by atoms with Crippen molar-refractivity contribution in [3.8, 4) is 0 Å². The number of alkyl halides is 2. The summed E-state index contributed by atoms with van der Waals surface area (Å²) in [6.45, 7) is 0.947. The van der Waals surface area contributed by atoms with Crippen LogP contribution in [0.15, 0.2) is 18.2 Å². The monoisotopic (exact) mass is 294 g/mol. The molecule has 2 aliphatic rings. The number of amides is 1. The first kappa shape index (κ1) is 14.3. The molecule has 21 heavy (non-hydrogen) atoms. The van der Waals surface area contributed by atoms with Crippen LogP contribution in [0.1, 0.15) is 37.7 Å². The number of anilines is 2. The average Bonchev–Trinajstić information content (AvgIpc) is 2.47. The first-order chi connectivity index (χ1) is 10.1. The fourth-order valence-electron chi connectivity index (χ4n) is 3.16. The van der Waals surface area contributed by atoms with Gasteiger partial charge in [-0.25, -0.2) is 8.78 Å². The Kier molecular flexibility index (Phi) is 3.83. The number of carbonyl (C=O) groups excluding carboxylic acids is 1. The van der Waals surface area contributed by atoms with Crippen molar-refractivity contribution in [2.45, 2.75) is 44.4 Å². The molecule has 3 nitrogen and oxygen atoms in total. The number of hydrogen-bond acceptors (Lipinski definition) is 2. The van der Waals surface area contributed by atoms with Crippen LogP contribution in [-0.4, -0.2) is 18.4 Å². The van der Waals surface area contributed by atoms with Gasteiger partial charge >= 0.3 is 0 Å². The Hall–Kier alpha value is -1.65. The van der Waals surface area contributed by atoms with E-state index in [-0.39, 0.29) is 37.5 Å². The standard InChI is InChI=1S/C16H20F2N2O/c17-16(18)8-6-11(7-9-16)15(21)20-14-5-1-4-13-12(14)3-2-10-19-13/h1,4-5,11,19H,2-3,6-10H2,(H,20,21).